The number of nitrogen functional groups attached to an aromatic ring is 1. The summed E-state index contributed by atoms with van der Waals surface area (Å²) in [5, 5.41) is 4.46. The van der Waals surface area contributed by atoms with E-state index < -0.39 is 0 Å². The standard InChI is InChI=1S/C17H26N2O/c1-10(2)13-14(19-20-15(13)18)17-7-11-4-12(8-17)6-16(3,5-11)9-17/h10-12H,4-9,18H2,1-3H3. The third-order valence-corrected chi connectivity index (χ3v) is 6.19. The molecule has 0 amide bonds. The highest BCUT2D eigenvalue weighted by Crippen LogP contribution is 2.66. The van der Waals surface area contributed by atoms with Gasteiger partial charge in [-0.15, -0.1) is 0 Å². The third kappa shape index (κ3) is 1.61. The second-order valence-corrected chi connectivity index (χ2v) is 8.52. The molecular weight excluding hydrogens is 248 g/mol. The summed E-state index contributed by atoms with van der Waals surface area (Å²) < 4.78 is 5.41. The minimum absolute atomic E-state index is 0.263. The molecule has 0 saturated heterocycles. The maximum atomic E-state index is 6.06. The van der Waals surface area contributed by atoms with Crippen LogP contribution in [-0.2, 0) is 5.41 Å². The highest BCUT2D eigenvalue weighted by Gasteiger charge is 2.58. The van der Waals surface area contributed by atoms with E-state index in [1.54, 1.807) is 0 Å². The predicted molar refractivity (Wildman–Crippen MR) is 79.5 cm³/mol. The van der Waals surface area contributed by atoms with Crippen LogP contribution in [0.2, 0.25) is 0 Å². The van der Waals surface area contributed by atoms with Gasteiger partial charge < -0.3 is 10.3 Å². The molecule has 1 heterocycles. The molecule has 3 nitrogen and oxygen atoms in total. The van der Waals surface area contributed by atoms with E-state index in [2.05, 4.69) is 25.9 Å². The van der Waals surface area contributed by atoms with Crippen LogP contribution in [0.4, 0.5) is 5.88 Å². The number of hydrogen-bond donors (Lipinski definition) is 1. The summed E-state index contributed by atoms with van der Waals surface area (Å²) in [5.41, 5.74) is 9.27. The monoisotopic (exact) mass is 274 g/mol. The molecule has 0 aliphatic heterocycles. The van der Waals surface area contributed by atoms with Crippen LogP contribution in [0.3, 0.4) is 0 Å². The molecule has 110 valence electrons. The van der Waals surface area contributed by atoms with Crippen molar-refractivity contribution >= 4 is 5.88 Å². The molecule has 4 aliphatic rings. The zero-order valence-electron chi connectivity index (χ0n) is 12.9. The lowest BCUT2D eigenvalue weighted by atomic mass is 9.43. The summed E-state index contributed by atoms with van der Waals surface area (Å²) in [5.74, 6) is 2.76. The van der Waals surface area contributed by atoms with Gasteiger partial charge in [0, 0.05) is 11.0 Å². The first-order valence-corrected chi connectivity index (χ1v) is 8.16. The van der Waals surface area contributed by atoms with Gasteiger partial charge in [-0.05, 0) is 61.7 Å². The van der Waals surface area contributed by atoms with Gasteiger partial charge in [-0.2, -0.15) is 0 Å². The van der Waals surface area contributed by atoms with Crippen molar-refractivity contribution in [2.24, 2.45) is 17.3 Å². The second-order valence-electron chi connectivity index (χ2n) is 8.52. The smallest absolute Gasteiger partial charge is 0.225 e. The fourth-order valence-corrected chi connectivity index (χ4v) is 6.25. The van der Waals surface area contributed by atoms with Crippen molar-refractivity contribution in [2.45, 2.75) is 70.6 Å². The molecule has 3 heteroatoms. The van der Waals surface area contributed by atoms with Crippen LogP contribution < -0.4 is 5.73 Å². The summed E-state index contributed by atoms with van der Waals surface area (Å²) in [6, 6.07) is 0. The molecule has 1 aromatic heterocycles. The summed E-state index contributed by atoms with van der Waals surface area (Å²) in [6.45, 7) is 6.90. The van der Waals surface area contributed by atoms with Crippen LogP contribution in [0, 0.1) is 17.3 Å². The van der Waals surface area contributed by atoms with Crippen LogP contribution in [0.5, 0.6) is 0 Å². The van der Waals surface area contributed by atoms with Crippen LogP contribution in [0.1, 0.15) is 76.5 Å². The van der Waals surface area contributed by atoms with Gasteiger partial charge in [0.15, 0.2) is 0 Å². The zero-order chi connectivity index (χ0) is 14.1. The topological polar surface area (TPSA) is 52.0 Å². The van der Waals surface area contributed by atoms with Crippen molar-refractivity contribution in [1.29, 1.82) is 0 Å². The molecule has 5 rings (SSSR count). The minimum atomic E-state index is 0.263. The Kier molecular flexibility index (Phi) is 2.42. The Hall–Kier alpha value is -0.990. The summed E-state index contributed by atoms with van der Waals surface area (Å²) in [6.07, 6.45) is 8.21. The Balaban J connectivity index is 1.82. The number of aromatic nitrogens is 1. The predicted octanol–water partition coefficient (Wildman–Crippen LogP) is 4.24. The van der Waals surface area contributed by atoms with Crippen molar-refractivity contribution in [3.05, 3.63) is 11.3 Å². The third-order valence-electron chi connectivity index (χ3n) is 6.19. The van der Waals surface area contributed by atoms with Crippen LogP contribution in [-0.4, -0.2) is 5.16 Å². The van der Waals surface area contributed by atoms with E-state index >= 15 is 0 Å². The second kappa shape index (κ2) is 3.80. The van der Waals surface area contributed by atoms with Crippen molar-refractivity contribution < 1.29 is 4.52 Å². The van der Waals surface area contributed by atoms with Gasteiger partial charge in [-0.3, -0.25) is 0 Å². The lowest BCUT2D eigenvalue weighted by Gasteiger charge is -2.61. The molecule has 0 spiro atoms. The SMILES string of the molecule is CC(C)c1c(C23CC4CC(CC(C)(C4)C2)C3)noc1N. The first kappa shape index (κ1) is 12.7. The maximum absolute atomic E-state index is 6.06. The van der Waals surface area contributed by atoms with Crippen molar-refractivity contribution in [1.82, 2.24) is 5.16 Å². The minimum Gasteiger partial charge on any atom is -0.367 e. The van der Waals surface area contributed by atoms with Crippen LogP contribution >= 0.6 is 0 Å². The molecule has 2 atom stereocenters. The normalized spacial score (nSPS) is 42.6. The lowest BCUT2D eigenvalue weighted by Crippen LogP contribution is -2.53. The Labute approximate surface area is 121 Å². The number of hydrogen-bond acceptors (Lipinski definition) is 3. The summed E-state index contributed by atoms with van der Waals surface area (Å²) >= 11 is 0. The van der Waals surface area contributed by atoms with Crippen molar-refractivity contribution in [2.75, 3.05) is 5.73 Å². The Morgan fingerprint density at radius 3 is 2.40 bits per heavy atom. The van der Waals surface area contributed by atoms with E-state index in [1.807, 2.05) is 0 Å². The zero-order valence-corrected chi connectivity index (χ0v) is 12.9. The van der Waals surface area contributed by atoms with E-state index in [0.29, 0.717) is 17.2 Å². The van der Waals surface area contributed by atoms with Crippen molar-refractivity contribution in [3.63, 3.8) is 0 Å². The number of nitrogens with zero attached hydrogens (tertiary/aromatic N) is 1. The molecule has 4 fully saturated rings. The average Bonchev–Trinajstić information content (AvgIpc) is 2.68. The molecule has 1 aromatic rings. The van der Waals surface area contributed by atoms with E-state index in [0.717, 1.165) is 11.8 Å². The molecule has 4 bridgehead atoms. The average molecular weight is 274 g/mol. The number of nitrogens with two attached hydrogens (primary N) is 1. The first-order chi connectivity index (χ1) is 9.41. The largest absolute Gasteiger partial charge is 0.367 e. The molecule has 20 heavy (non-hydrogen) atoms. The fourth-order valence-electron chi connectivity index (χ4n) is 6.25. The van der Waals surface area contributed by atoms with E-state index in [-0.39, 0.29) is 5.41 Å². The van der Waals surface area contributed by atoms with E-state index in [4.69, 9.17) is 10.3 Å². The quantitative estimate of drug-likeness (QED) is 0.877. The molecular formula is C17H26N2O. The fraction of sp³-hybridized carbons (Fsp3) is 0.824. The Morgan fingerprint density at radius 2 is 1.85 bits per heavy atom. The maximum Gasteiger partial charge on any atom is 0.225 e. The van der Waals surface area contributed by atoms with Crippen LogP contribution in [0.15, 0.2) is 4.52 Å². The first-order valence-electron chi connectivity index (χ1n) is 8.16. The highest BCUT2D eigenvalue weighted by molar-refractivity contribution is 5.45. The summed E-state index contributed by atoms with van der Waals surface area (Å²) in [4.78, 5) is 0. The highest BCUT2D eigenvalue weighted by atomic mass is 16.5. The van der Waals surface area contributed by atoms with Gasteiger partial charge in [-0.25, -0.2) is 0 Å². The molecule has 0 radical (unpaired) electrons. The van der Waals surface area contributed by atoms with E-state index in [1.165, 1.54) is 49.8 Å². The summed E-state index contributed by atoms with van der Waals surface area (Å²) in [7, 11) is 0. The number of anilines is 1. The lowest BCUT2D eigenvalue weighted by molar-refractivity contribution is -0.0643. The molecule has 4 aliphatic carbocycles. The van der Waals surface area contributed by atoms with Gasteiger partial charge in [0.25, 0.3) is 0 Å². The Morgan fingerprint density at radius 1 is 1.20 bits per heavy atom. The van der Waals surface area contributed by atoms with Crippen molar-refractivity contribution in [3.8, 4) is 0 Å². The molecule has 0 aromatic carbocycles. The van der Waals surface area contributed by atoms with Gasteiger partial charge in [0.05, 0.1) is 5.69 Å². The molecule has 4 saturated carbocycles. The van der Waals surface area contributed by atoms with Gasteiger partial charge in [0.2, 0.25) is 5.88 Å². The van der Waals surface area contributed by atoms with Gasteiger partial charge >= 0.3 is 0 Å². The molecule has 2 N–H and O–H groups in total. The van der Waals surface area contributed by atoms with Crippen LogP contribution in [0.25, 0.3) is 0 Å². The molecule has 2 unspecified atom stereocenters. The van der Waals surface area contributed by atoms with Gasteiger partial charge in [-0.1, -0.05) is 25.9 Å². The van der Waals surface area contributed by atoms with Gasteiger partial charge in [0.1, 0.15) is 0 Å². The van der Waals surface area contributed by atoms with E-state index in [9.17, 15) is 0 Å². The Bertz CT molecular complexity index is 531. The number of rotatable bonds is 2.